The molecule has 0 radical (unpaired) electrons. The maximum atomic E-state index is 13.3. The summed E-state index contributed by atoms with van der Waals surface area (Å²) in [5, 5.41) is 7.71. The number of aromatic nitrogens is 2. The van der Waals surface area contributed by atoms with Crippen molar-refractivity contribution < 1.29 is 17.2 Å². The molecule has 0 spiro atoms. The van der Waals surface area contributed by atoms with E-state index in [1.807, 2.05) is 4.90 Å². The zero-order chi connectivity index (χ0) is 16.6. The van der Waals surface area contributed by atoms with Gasteiger partial charge in [0.2, 0.25) is 15.9 Å². The molecule has 1 fully saturated rings. The van der Waals surface area contributed by atoms with Crippen LogP contribution in [-0.2, 0) is 10.0 Å². The number of benzene rings is 1. The van der Waals surface area contributed by atoms with Crippen molar-refractivity contribution in [2.75, 3.05) is 31.1 Å². The molecule has 0 amide bonds. The van der Waals surface area contributed by atoms with Gasteiger partial charge in [-0.05, 0) is 30.7 Å². The third-order valence-electron chi connectivity index (χ3n) is 3.79. The van der Waals surface area contributed by atoms with E-state index in [9.17, 15) is 12.8 Å². The van der Waals surface area contributed by atoms with E-state index in [0.29, 0.717) is 43.6 Å². The lowest BCUT2D eigenvalue weighted by Crippen LogP contribution is -2.48. The molecule has 9 heteroatoms. The van der Waals surface area contributed by atoms with Crippen LogP contribution in [0.1, 0.15) is 11.5 Å². The lowest BCUT2D eigenvalue weighted by atomic mass is 10.2. The molecule has 23 heavy (non-hydrogen) atoms. The van der Waals surface area contributed by atoms with Crippen LogP contribution in [0.5, 0.6) is 0 Å². The number of halogens is 1. The van der Waals surface area contributed by atoms with Crippen molar-refractivity contribution in [1.29, 1.82) is 0 Å². The van der Waals surface area contributed by atoms with E-state index in [1.165, 1.54) is 22.5 Å². The Morgan fingerprint density at radius 2 is 1.83 bits per heavy atom. The van der Waals surface area contributed by atoms with Crippen molar-refractivity contribution in [2.24, 2.45) is 0 Å². The monoisotopic (exact) mass is 340 g/mol. The molecule has 2 aromatic rings. The molecule has 3 rings (SSSR count). The van der Waals surface area contributed by atoms with Gasteiger partial charge in [-0.15, -0.1) is 5.10 Å². The average Bonchev–Trinajstić information content (AvgIpc) is 2.96. The number of anilines is 1. The number of sulfonamides is 1. The summed E-state index contributed by atoms with van der Waals surface area (Å²) in [6.07, 6.45) is 0. The Balaban J connectivity index is 1.74. The van der Waals surface area contributed by atoms with Crippen molar-refractivity contribution in [3.05, 3.63) is 35.5 Å². The van der Waals surface area contributed by atoms with Crippen LogP contribution in [0.15, 0.2) is 27.5 Å². The molecule has 1 aromatic carbocycles. The largest absolute Gasteiger partial charge is 0.408 e. The molecular weight excluding hydrogens is 323 g/mol. The highest BCUT2D eigenvalue weighted by molar-refractivity contribution is 7.89. The van der Waals surface area contributed by atoms with Crippen LogP contribution in [-0.4, -0.2) is 49.1 Å². The second-order valence-electron chi connectivity index (χ2n) is 5.41. The SMILES string of the molecule is Cc1nnc(N2CCN(S(=O)(=O)c3ccc(F)c(C)c3)CC2)o1. The van der Waals surface area contributed by atoms with Gasteiger partial charge in [0.05, 0.1) is 4.90 Å². The van der Waals surface area contributed by atoms with Crippen LogP contribution in [0.3, 0.4) is 0 Å². The Hall–Kier alpha value is -2.00. The molecule has 0 saturated carbocycles. The van der Waals surface area contributed by atoms with Gasteiger partial charge in [-0.25, -0.2) is 12.8 Å². The first-order valence-corrected chi connectivity index (χ1v) is 8.63. The second-order valence-corrected chi connectivity index (χ2v) is 7.34. The highest BCUT2D eigenvalue weighted by atomic mass is 32.2. The number of nitrogens with zero attached hydrogens (tertiary/aromatic N) is 4. The molecule has 0 bridgehead atoms. The van der Waals surface area contributed by atoms with Crippen LogP contribution >= 0.6 is 0 Å². The molecule has 0 unspecified atom stereocenters. The number of hydrogen-bond acceptors (Lipinski definition) is 6. The predicted octanol–water partition coefficient (Wildman–Crippen LogP) is 1.34. The van der Waals surface area contributed by atoms with E-state index in [1.54, 1.807) is 13.8 Å². The fraction of sp³-hybridized carbons (Fsp3) is 0.429. The van der Waals surface area contributed by atoms with E-state index in [-0.39, 0.29) is 4.90 Å². The van der Waals surface area contributed by atoms with E-state index in [4.69, 9.17) is 4.42 Å². The molecule has 0 atom stereocenters. The topological polar surface area (TPSA) is 79.5 Å². The fourth-order valence-electron chi connectivity index (χ4n) is 2.46. The van der Waals surface area contributed by atoms with Gasteiger partial charge < -0.3 is 9.32 Å². The van der Waals surface area contributed by atoms with Crippen LogP contribution in [0, 0.1) is 19.7 Å². The van der Waals surface area contributed by atoms with Crippen molar-refractivity contribution >= 4 is 16.0 Å². The fourth-order valence-corrected chi connectivity index (χ4v) is 3.97. The Bertz CT molecular complexity index is 813. The molecule has 124 valence electrons. The van der Waals surface area contributed by atoms with Gasteiger partial charge in [-0.1, -0.05) is 5.10 Å². The summed E-state index contributed by atoms with van der Waals surface area (Å²) in [5.74, 6) is 0.0531. The van der Waals surface area contributed by atoms with Crippen LogP contribution in [0.2, 0.25) is 0 Å². The molecule has 1 aromatic heterocycles. The molecule has 0 N–H and O–H groups in total. The molecular formula is C14H17FN4O3S. The van der Waals surface area contributed by atoms with Crippen LogP contribution in [0.25, 0.3) is 0 Å². The Kier molecular flexibility index (Phi) is 4.07. The predicted molar refractivity (Wildman–Crippen MR) is 81.1 cm³/mol. The minimum Gasteiger partial charge on any atom is -0.408 e. The Morgan fingerprint density at radius 1 is 1.13 bits per heavy atom. The lowest BCUT2D eigenvalue weighted by Gasteiger charge is -2.32. The second kappa shape index (κ2) is 5.89. The highest BCUT2D eigenvalue weighted by Gasteiger charge is 2.30. The summed E-state index contributed by atoms with van der Waals surface area (Å²) in [6, 6.07) is 4.24. The number of hydrogen-bond donors (Lipinski definition) is 0. The van der Waals surface area contributed by atoms with Crippen molar-refractivity contribution in [3.63, 3.8) is 0 Å². The molecule has 1 aliphatic rings. The summed E-state index contributed by atoms with van der Waals surface area (Å²) in [5.41, 5.74) is 0.311. The normalized spacial score (nSPS) is 16.7. The maximum Gasteiger partial charge on any atom is 0.318 e. The van der Waals surface area contributed by atoms with Gasteiger partial charge in [0, 0.05) is 33.1 Å². The summed E-state index contributed by atoms with van der Waals surface area (Å²) in [4.78, 5) is 1.96. The minimum atomic E-state index is -3.63. The average molecular weight is 340 g/mol. The molecule has 2 heterocycles. The Morgan fingerprint density at radius 3 is 2.39 bits per heavy atom. The quantitative estimate of drug-likeness (QED) is 0.839. The first kappa shape index (κ1) is 15.9. The standard InChI is InChI=1S/C14H17FN4O3S/c1-10-9-12(3-4-13(10)15)23(20,21)19-7-5-18(6-8-19)14-17-16-11(2)22-14/h3-4,9H,5-8H2,1-2H3. The van der Waals surface area contributed by atoms with Crippen LogP contribution < -0.4 is 4.90 Å². The summed E-state index contributed by atoms with van der Waals surface area (Å²) in [6.45, 7) is 4.78. The van der Waals surface area contributed by atoms with E-state index < -0.39 is 15.8 Å². The van der Waals surface area contributed by atoms with Crippen molar-refractivity contribution in [2.45, 2.75) is 18.7 Å². The first-order chi connectivity index (χ1) is 10.9. The van der Waals surface area contributed by atoms with Crippen molar-refractivity contribution in [1.82, 2.24) is 14.5 Å². The molecule has 0 aliphatic carbocycles. The smallest absolute Gasteiger partial charge is 0.318 e. The highest BCUT2D eigenvalue weighted by Crippen LogP contribution is 2.22. The van der Waals surface area contributed by atoms with E-state index in [2.05, 4.69) is 10.2 Å². The van der Waals surface area contributed by atoms with Gasteiger partial charge in [0.1, 0.15) is 5.82 Å². The molecule has 1 aliphatic heterocycles. The van der Waals surface area contributed by atoms with Crippen molar-refractivity contribution in [3.8, 4) is 0 Å². The van der Waals surface area contributed by atoms with E-state index >= 15 is 0 Å². The van der Waals surface area contributed by atoms with Crippen LogP contribution in [0.4, 0.5) is 10.4 Å². The number of piperazine rings is 1. The summed E-state index contributed by atoms with van der Waals surface area (Å²) in [7, 11) is -3.63. The molecule has 7 nitrogen and oxygen atoms in total. The number of aryl methyl sites for hydroxylation is 2. The van der Waals surface area contributed by atoms with Gasteiger partial charge in [0.15, 0.2) is 0 Å². The maximum absolute atomic E-state index is 13.3. The summed E-state index contributed by atoms with van der Waals surface area (Å²) >= 11 is 0. The third-order valence-corrected chi connectivity index (χ3v) is 5.69. The van der Waals surface area contributed by atoms with Gasteiger partial charge in [-0.3, -0.25) is 0 Å². The molecule has 1 saturated heterocycles. The van der Waals surface area contributed by atoms with E-state index in [0.717, 1.165) is 0 Å². The summed E-state index contributed by atoms with van der Waals surface area (Å²) < 4.78 is 45.3. The zero-order valence-electron chi connectivity index (χ0n) is 12.9. The minimum absolute atomic E-state index is 0.110. The zero-order valence-corrected chi connectivity index (χ0v) is 13.7. The van der Waals surface area contributed by atoms with Gasteiger partial charge in [0.25, 0.3) is 0 Å². The Labute approximate surface area is 133 Å². The van der Waals surface area contributed by atoms with Gasteiger partial charge >= 0.3 is 6.01 Å². The number of rotatable bonds is 3. The first-order valence-electron chi connectivity index (χ1n) is 7.19. The van der Waals surface area contributed by atoms with Gasteiger partial charge in [-0.2, -0.15) is 4.31 Å². The lowest BCUT2D eigenvalue weighted by molar-refractivity contribution is 0.370. The third kappa shape index (κ3) is 3.06.